The van der Waals surface area contributed by atoms with Crippen molar-refractivity contribution in [1.29, 1.82) is 0 Å². The van der Waals surface area contributed by atoms with Crippen LogP contribution >= 0.6 is 35.6 Å². The molecule has 1 fully saturated rings. The van der Waals surface area contributed by atoms with Crippen LogP contribution in [0.3, 0.4) is 0 Å². The highest BCUT2D eigenvalue weighted by atomic mass is 35.5. The van der Waals surface area contributed by atoms with E-state index in [0.717, 1.165) is 11.1 Å². The molecule has 1 unspecified atom stereocenters. The molecular weight excluding hydrogens is 378 g/mol. The summed E-state index contributed by atoms with van der Waals surface area (Å²) in [4.78, 5) is 16.7. The van der Waals surface area contributed by atoms with Crippen molar-refractivity contribution in [2.75, 3.05) is 10.8 Å². The van der Waals surface area contributed by atoms with Crippen LogP contribution in [0.2, 0.25) is 5.02 Å². The van der Waals surface area contributed by atoms with Gasteiger partial charge in [-0.3, -0.25) is 9.78 Å². The Morgan fingerprint density at radius 2 is 2.08 bits per heavy atom. The van der Waals surface area contributed by atoms with Crippen molar-refractivity contribution in [3.63, 3.8) is 0 Å². The molecule has 0 aliphatic carbocycles. The lowest BCUT2D eigenvalue weighted by Crippen LogP contribution is -2.38. The zero-order valence-corrected chi connectivity index (χ0v) is 15.2. The summed E-state index contributed by atoms with van der Waals surface area (Å²) in [5.74, 6) is 0.882. The fourth-order valence-corrected chi connectivity index (χ4v) is 4.15. The number of amides is 1. The van der Waals surface area contributed by atoms with E-state index in [-0.39, 0.29) is 11.3 Å². The Kier molecular flexibility index (Phi) is 4.32. The summed E-state index contributed by atoms with van der Waals surface area (Å²) in [5, 5.41) is 9.16. The summed E-state index contributed by atoms with van der Waals surface area (Å²) >= 11 is 12.9. The van der Waals surface area contributed by atoms with Gasteiger partial charge in [-0.25, -0.2) is 14.8 Å². The highest BCUT2D eigenvalue weighted by Crippen LogP contribution is 2.38. The second-order valence-electron chi connectivity index (χ2n) is 5.36. The third-order valence-electron chi connectivity index (χ3n) is 3.78. The summed E-state index contributed by atoms with van der Waals surface area (Å²) in [6.45, 7) is 0. The number of hydrogen-bond donors (Lipinski definition) is 1. The predicted molar refractivity (Wildman–Crippen MR) is 101 cm³/mol. The molecule has 9 heteroatoms. The number of carbonyl (C=O) groups is 1. The quantitative estimate of drug-likeness (QED) is 0.693. The predicted octanol–water partition coefficient (Wildman–Crippen LogP) is 3.57. The minimum absolute atomic E-state index is 0.0346. The molecule has 1 saturated heterocycles. The van der Waals surface area contributed by atoms with Crippen molar-refractivity contribution < 1.29 is 4.79 Å². The number of aromatic nitrogens is 4. The summed E-state index contributed by atoms with van der Waals surface area (Å²) < 4.78 is 2.00. The van der Waals surface area contributed by atoms with Gasteiger partial charge >= 0.3 is 0 Å². The number of rotatable bonds is 3. The number of pyridine rings is 1. The van der Waals surface area contributed by atoms with Gasteiger partial charge in [-0.05, 0) is 42.0 Å². The van der Waals surface area contributed by atoms with Gasteiger partial charge in [0.05, 0.1) is 5.75 Å². The SMILES string of the molecule is O=C1CSC(c2ccc(Cl)cc2)N1n1c(-c2cccnc2)n[nH]c1=S. The highest BCUT2D eigenvalue weighted by molar-refractivity contribution is 8.00. The third kappa shape index (κ3) is 2.97. The monoisotopic (exact) mass is 389 g/mol. The molecular formula is C16H12ClN5OS2. The first-order valence-corrected chi connectivity index (χ1v) is 9.26. The highest BCUT2D eigenvalue weighted by Gasteiger charge is 2.36. The maximum atomic E-state index is 12.6. The summed E-state index contributed by atoms with van der Waals surface area (Å²) in [5.41, 5.74) is 1.75. The summed E-state index contributed by atoms with van der Waals surface area (Å²) in [7, 11) is 0. The number of nitrogens with one attached hydrogen (secondary N) is 1. The van der Waals surface area contributed by atoms with Crippen LogP contribution in [0.15, 0.2) is 48.8 Å². The van der Waals surface area contributed by atoms with Gasteiger partial charge in [0, 0.05) is 23.0 Å². The molecule has 1 aliphatic rings. The molecule has 1 aromatic carbocycles. The average Bonchev–Trinajstić information content (AvgIpc) is 3.19. The van der Waals surface area contributed by atoms with Gasteiger partial charge in [0.15, 0.2) is 5.82 Å². The average molecular weight is 390 g/mol. The summed E-state index contributed by atoms with van der Waals surface area (Å²) in [6, 6.07) is 11.1. The Bertz CT molecular complexity index is 970. The van der Waals surface area contributed by atoms with Gasteiger partial charge < -0.3 is 0 Å². The molecule has 3 heterocycles. The van der Waals surface area contributed by atoms with E-state index in [1.807, 2.05) is 36.4 Å². The second kappa shape index (κ2) is 6.62. The van der Waals surface area contributed by atoms with E-state index in [4.69, 9.17) is 23.8 Å². The first-order valence-electron chi connectivity index (χ1n) is 7.42. The van der Waals surface area contributed by atoms with Crippen LogP contribution < -0.4 is 5.01 Å². The molecule has 126 valence electrons. The standard InChI is InChI=1S/C16H12ClN5OS2/c17-12-5-3-10(4-6-12)15-21(13(23)9-25-15)22-14(19-20-16(22)24)11-2-1-7-18-8-11/h1-8,15H,9H2,(H,20,24). The Morgan fingerprint density at radius 1 is 1.28 bits per heavy atom. The Labute approximate surface area is 157 Å². The van der Waals surface area contributed by atoms with E-state index in [0.29, 0.717) is 21.4 Å². The topological polar surface area (TPSA) is 66.8 Å². The van der Waals surface area contributed by atoms with Gasteiger partial charge in [0.25, 0.3) is 5.91 Å². The van der Waals surface area contributed by atoms with Crippen molar-refractivity contribution >= 4 is 41.5 Å². The normalized spacial score (nSPS) is 17.2. The van der Waals surface area contributed by atoms with Crippen molar-refractivity contribution in [3.05, 3.63) is 64.1 Å². The lowest BCUT2D eigenvalue weighted by atomic mass is 10.2. The summed E-state index contributed by atoms with van der Waals surface area (Å²) in [6.07, 6.45) is 3.37. The Hall–Kier alpha value is -2.16. The zero-order valence-electron chi connectivity index (χ0n) is 12.8. The van der Waals surface area contributed by atoms with E-state index in [1.165, 1.54) is 11.8 Å². The molecule has 2 aromatic heterocycles. The number of halogens is 1. The lowest BCUT2D eigenvalue weighted by molar-refractivity contribution is -0.117. The number of hydrogen-bond acceptors (Lipinski definition) is 5. The molecule has 25 heavy (non-hydrogen) atoms. The van der Waals surface area contributed by atoms with Crippen molar-refractivity contribution in [2.45, 2.75) is 5.37 Å². The van der Waals surface area contributed by atoms with E-state index in [1.54, 1.807) is 22.1 Å². The molecule has 0 spiro atoms. The Morgan fingerprint density at radius 3 is 2.80 bits per heavy atom. The first-order chi connectivity index (χ1) is 12.1. The molecule has 1 atom stereocenters. The lowest BCUT2D eigenvalue weighted by Gasteiger charge is -2.25. The molecule has 0 radical (unpaired) electrons. The van der Waals surface area contributed by atoms with Crippen LogP contribution in [0.4, 0.5) is 0 Å². The fourth-order valence-electron chi connectivity index (χ4n) is 2.67. The minimum atomic E-state index is -0.204. The van der Waals surface area contributed by atoms with Crippen LogP contribution in [-0.2, 0) is 4.79 Å². The van der Waals surface area contributed by atoms with Gasteiger partial charge in [-0.2, -0.15) is 5.10 Å². The molecule has 6 nitrogen and oxygen atoms in total. The third-order valence-corrected chi connectivity index (χ3v) is 5.50. The number of H-pyrrole nitrogens is 1. The number of nitrogens with zero attached hydrogens (tertiary/aromatic N) is 4. The first kappa shape index (κ1) is 16.3. The Balaban J connectivity index is 1.82. The van der Waals surface area contributed by atoms with Gasteiger partial charge in [0.2, 0.25) is 4.77 Å². The smallest absolute Gasteiger partial charge is 0.252 e. The van der Waals surface area contributed by atoms with Crippen molar-refractivity contribution in [3.8, 4) is 11.4 Å². The van der Waals surface area contributed by atoms with Crippen molar-refractivity contribution in [1.82, 2.24) is 19.9 Å². The van der Waals surface area contributed by atoms with Crippen LogP contribution in [0.25, 0.3) is 11.4 Å². The zero-order chi connectivity index (χ0) is 17.4. The maximum absolute atomic E-state index is 12.6. The van der Waals surface area contributed by atoms with Gasteiger partial charge in [0.1, 0.15) is 5.37 Å². The van der Waals surface area contributed by atoms with Gasteiger partial charge in [-0.15, -0.1) is 11.8 Å². The van der Waals surface area contributed by atoms with Crippen LogP contribution in [0.5, 0.6) is 0 Å². The van der Waals surface area contributed by atoms with Crippen LogP contribution in [0, 0.1) is 4.77 Å². The molecule has 3 aromatic rings. The molecule has 1 amide bonds. The minimum Gasteiger partial charge on any atom is -0.272 e. The fraction of sp³-hybridized carbons (Fsp3) is 0.125. The van der Waals surface area contributed by atoms with E-state index >= 15 is 0 Å². The molecule has 4 rings (SSSR count). The number of aromatic amines is 1. The van der Waals surface area contributed by atoms with E-state index < -0.39 is 0 Å². The van der Waals surface area contributed by atoms with Crippen LogP contribution in [0.1, 0.15) is 10.9 Å². The number of benzene rings is 1. The van der Waals surface area contributed by atoms with Gasteiger partial charge in [-0.1, -0.05) is 23.7 Å². The molecule has 0 bridgehead atoms. The van der Waals surface area contributed by atoms with E-state index in [9.17, 15) is 4.79 Å². The van der Waals surface area contributed by atoms with Crippen molar-refractivity contribution in [2.24, 2.45) is 0 Å². The maximum Gasteiger partial charge on any atom is 0.252 e. The number of carbonyl (C=O) groups excluding carboxylic acids is 1. The largest absolute Gasteiger partial charge is 0.272 e. The van der Waals surface area contributed by atoms with Crippen LogP contribution in [-0.4, -0.2) is 31.5 Å². The molecule has 0 saturated carbocycles. The second-order valence-corrected chi connectivity index (χ2v) is 7.25. The van der Waals surface area contributed by atoms with E-state index in [2.05, 4.69) is 15.2 Å². The number of thioether (sulfide) groups is 1. The molecule has 1 N–H and O–H groups in total. The molecule has 1 aliphatic heterocycles.